The van der Waals surface area contributed by atoms with E-state index >= 15 is 0 Å². The maximum atomic E-state index is 6.58. The average Bonchev–Trinajstić information content (AvgIpc) is 2.76. The van der Waals surface area contributed by atoms with Gasteiger partial charge in [0.15, 0.2) is 0 Å². The van der Waals surface area contributed by atoms with Crippen molar-refractivity contribution in [3.8, 4) is 5.75 Å². The lowest BCUT2D eigenvalue weighted by Crippen LogP contribution is -2.37. The number of rotatable bonds is 2. The second-order valence-corrected chi connectivity index (χ2v) is 5.01. The van der Waals surface area contributed by atoms with Gasteiger partial charge in [-0.25, -0.2) is 0 Å². The smallest absolute Gasteiger partial charge is 0.118 e. The highest BCUT2D eigenvalue weighted by molar-refractivity contribution is 5.42. The van der Waals surface area contributed by atoms with Crippen LogP contribution in [-0.2, 0) is 18.4 Å². The molecule has 1 aliphatic carbocycles. The van der Waals surface area contributed by atoms with Gasteiger partial charge in [-0.3, -0.25) is 0 Å². The maximum Gasteiger partial charge on any atom is 0.118 e. The predicted octanol–water partition coefficient (Wildman–Crippen LogP) is 2.65. The van der Waals surface area contributed by atoms with Gasteiger partial charge in [-0.2, -0.15) is 0 Å². The first kappa shape index (κ1) is 11.3. The topological polar surface area (TPSA) is 35.2 Å². The molecule has 0 saturated carbocycles. The first-order valence-corrected chi connectivity index (χ1v) is 6.21. The molecule has 0 atom stereocenters. The van der Waals surface area contributed by atoms with Crippen molar-refractivity contribution in [3.63, 3.8) is 0 Å². The molecular weight excluding hydrogens is 222 g/mol. The van der Waals surface area contributed by atoms with Crippen LogP contribution in [0.25, 0.3) is 0 Å². The fourth-order valence-corrected chi connectivity index (χ4v) is 2.77. The molecule has 2 heteroatoms. The molecule has 0 spiro atoms. The monoisotopic (exact) mass is 239 g/mol. The molecule has 0 fully saturated rings. The van der Waals surface area contributed by atoms with Crippen LogP contribution < -0.4 is 10.5 Å². The minimum atomic E-state index is -0.268. The standard InChI is InChI=1S/C16H17NO/c1-18-15-8-6-14(7-9-15)16(17)10-12-4-2-3-5-13(12)11-16/h2-9H,10-11,17H2,1H3. The van der Waals surface area contributed by atoms with Crippen molar-refractivity contribution in [1.29, 1.82) is 0 Å². The maximum absolute atomic E-state index is 6.58. The van der Waals surface area contributed by atoms with Crippen molar-refractivity contribution in [1.82, 2.24) is 0 Å². The highest BCUT2D eigenvalue weighted by Crippen LogP contribution is 2.36. The first-order chi connectivity index (χ1) is 8.71. The van der Waals surface area contributed by atoms with Crippen LogP contribution in [0.15, 0.2) is 48.5 Å². The molecule has 2 nitrogen and oxygen atoms in total. The van der Waals surface area contributed by atoms with Crippen molar-refractivity contribution in [2.75, 3.05) is 7.11 Å². The highest BCUT2D eigenvalue weighted by atomic mass is 16.5. The summed E-state index contributed by atoms with van der Waals surface area (Å²) in [4.78, 5) is 0. The molecule has 0 aliphatic heterocycles. The summed E-state index contributed by atoms with van der Waals surface area (Å²) in [6, 6.07) is 16.6. The third-order valence-corrected chi connectivity index (χ3v) is 3.80. The third-order valence-electron chi connectivity index (χ3n) is 3.80. The number of fused-ring (bicyclic) bond motifs is 1. The molecule has 0 unspecified atom stereocenters. The van der Waals surface area contributed by atoms with Crippen LogP contribution in [0.3, 0.4) is 0 Å². The Bertz CT molecular complexity index is 535. The molecule has 0 heterocycles. The number of hydrogen-bond donors (Lipinski definition) is 1. The van der Waals surface area contributed by atoms with E-state index in [0.717, 1.165) is 18.6 Å². The normalized spacial score (nSPS) is 16.3. The van der Waals surface area contributed by atoms with Crippen molar-refractivity contribution >= 4 is 0 Å². The minimum absolute atomic E-state index is 0.268. The zero-order chi connectivity index (χ0) is 12.6. The number of hydrogen-bond acceptors (Lipinski definition) is 2. The van der Waals surface area contributed by atoms with Crippen LogP contribution in [0.4, 0.5) is 0 Å². The zero-order valence-electron chi connectivity index (χ0n) is 10.5. The van der Waals surface area contributed by atoms with E-state index in [1.807, 2.05) is 12.1 Å². The molecule has 92 valence electrons. The Morgan fingerprint density at radius 3 is 2.00 bits per heavy atom. The SMILES string of the molecule is COc1ccc(C2(N)Cc3ccccc3C2)cc1. The highest BCUT2D eigenvalue weighted by Gasteiger charge is 2.34. The van der Waals surface area contributed by atoms with Gasteiger partial charge in [0.1, 0.15) is 5.75 Å². The van der Waals surface area contributed by atoms with Gasteiger partial charge in [0.2, 0.25) is 0 Å². The fraction of sp³-hybridized carbons (Fsp3) is 0.250. The zero-order valence-corrected chi connectivity index (χ0v) is 10.5. The van der Waals surface area contributed by atoms with E-state index in [4.69, 9.17) is 10.5 Å². The molecule has 0 aromatic heterocycles. The van der Waals surface area contributed by atoms with Gasteiger partial charge in [0.25, 0.3) is 0 Å². The van der Waals surface area contributed by atoms with Crippen LogP contribution in [0, 0.1) is 0 Å². The van der Waals surface area contributed by atoms with Crippen molar-refractivity contribution in [3.05, 3.63) is 65.2 Å². The van der Waals surface area contributed by atoms with Crippen molar-refractivity contribution in [2.45, 2.75) is 18.4 Å². The van der Waals surface area contributed by atoms with Crippen LogP contribution in [0.1, 0.15) is 16.7 Å². The Hall–Kier alpha value is -1.80. The largest absolute Gasteiger partial charge is 0.497 e. The van der Waals surface area contributed by atoms with Crippen LogP contribution in [0.5, 0.6) is 5.75 Å². The Morgan fingerprint density at radius 2 is 1.50 bits per heavy atom. The summed E-state index contributed by atoms with van der Waals surface area (Å²) in [5.41, 5.74) is 10.2. The van der Waals surface area contributed by atoms with E-state index in [9.17, 15) is 0 Å². The van der Waals surface area contributed by atoms with Gasteiger partial charge < -0.3 is 10.5 Å². The quantitative estimate of drug-likeness (QED) is 0.874. The molecule has 0 bridgehead atoms. The van der Waals surface area contributed by atoms with Crippen LogP contribution in [-0.4, -0.2) is 7.11 Å². The van der Waals surface area contributed by atoms with Gasteiger partial charge >= 0.3 is 0 Å². The van der Waals surface area contributed by atoms with Crippen molar-refractivity contribution < 1.29 is 4.74 Å². The lowest BCUT2D eigenvalue weighted by molar-refractivity contribution is 0.413. The lowest BCUT2D eigenvalue weighted by Gasteiger charge is -2.24. The van der Waals surface area contributed by atoms with Gasteiger partial charge in [0.05, 0.1) is 7.11 Å². The van der Waals surface area contributed by atoms with E-state index in [2.05, 4.69) is 36.4 Å². The van der Waals surface area contributed by atoms with Gasteiger partial charge in [-0.05, 0) is 41.7 Å². The molecule has 0 radical (unpaired) electrons. The number of benzene rings is 2. The summed E-state index contributed by atoms with van der Waals surface area (Å²) < 4.78 is 5.19. The van der Waals surface area contributed by atoms with E-state index in [1.165, 1.54) is 16.7 Å². The second kappa shape index (κ2) is 4.14. The lowest BCUT2D eigenvalue weighted by atomic mass is 9.88. The van der Waals surface area contributed by atoms with E-state index in [0.29, 0.717) is 0 Å². The van der Waals surface area contributed by atoms with Gasteiger partial charge in [0, 0.05) is 5.54 Å². The first-order valence-electron chi connectivity index (χ1n) is 6.21. The van der Waals surface area contributed by atoms with Gasteiger partial charge in [-0.1, -0.05) is 36.4 Å². The average molecular weight is 239 g/mol. The Morgan fingerprint density at radius 1 is 0.944 bits per heavy atom. The van der Waals surface area contributed by atoms with E-state index in [-0.39, 0.29) is 5.54 Å². The summed E-state index contributed by atoms with van der Waals surface area (Å²) >= 11 is 0. The molecular formula is C16H17NO. The molecule has 1 aliphatic rings. The number of ether oxygens (including phenoxy) is 1. The number of nitrogens with two attached hydrogens (primary N) is 1. The van der Waals surface area contributed by atoms with E-state index in [1.54, 1.807) is 7.11 Å². The molecule has 2 N–H and O–H groups in total. The summed E-state index contributed by atoms with van der Waals surface area (Å²) in [5.74, 6) is 0.873. The Kier molecular flexibility index (Phi) is 2.60. The van der Waals surface area contributed by atoms with Crippen molar-refractivity contribution in [2.24, 2.45) is 5.73 Å². The fourth-order valence-electron chi connectivity index (χ4n) is 2.77. The predicted molar refractivity (Wildman–Crippen MR) is 72.7 cm³/mol. The second-order valence-electron chi connectivity index (χ2n) is 5.01. The molecule has 18 heavy (non-hydrogen) atoms. The summed E-state index contributed by atoms with van der Waals surface area (Å²) in [7, 11) is 1.68. The molecule has 2 aromatic rings. The molecule has 0 saturated heterocycles. The molecule has 0 amide bonds. The van der Waals surface area contributed by atoms with Crippen LogP contribution >= 0.6 is 0 Å². The Balaban J connectivity index is 1.93. The summed E-state index contributed by atoms with van der Waals surface area (Å²) in [6.07, 6.45) is 1.82. The minimum Gasteiger partial charge on any atom is -0.497 e. The van der Waals surface area contributed by atoms with E-state index < -0.39 is 0 Å². The number of methoxy groups -OCH3 is 1. The molecule has 2 aromatic carbocycles. The molecule has 3 rings (SSSR count). The summed E-state index contributed by atoms with van der Waals surface area (Å²) in [5, 5.41) is 0. The Labute approximate surface area is 107 Å². The van der Waals surface area contributed by atoms with Crippen LogP contribution in [0.2, 0.25) is 0 Å². The third kappa shape index (κ3) is 1.79. The summed E-state index contributed by atoms with van der Waals surface area (Å²) in [6.45, 7) is 0. The van der Waals surface area contributed by atoms with Gasteiger partial charge in [-0.15, -0.1) is 0 Å².